The minimum absolute atomic E-state index is 0.0192. The van der Waals surface area contributed by atoms with E-state index in [4.69, 9.17) is 11.6 Å². The minimum Gasteiger partial charge on any atom is -0.478 e. The quantitative estimate of drug-likeness (QED) is 0.523. The Morgan fingerprint density at radius 2 is 1.87 bits per heavy atom. The molecule has 0 spiro atoms. The first-order chi connectivity index (χ1) is 14.8. The molecule has 1 aromatic heterocycles. The Labute approximate surface area is 190 Å². The third kappa shape index (κ3) is 4.19. The predicted molar refractivity (Wildman–Crippen MR) is 122 cm³/mol. The number of aryl methyl sites for hydroxylation is 1. The zero-order valence-corrected chi connectivity index (χ0v) is 19.0. The zero-order chi connectivity index (χ0) is 22.2. The number of aliphatic carboxylic acids is 1. The molecule has 0 fully saturated rings. The molecule has 1 aliphatic rings. The number of sulfonamides is 1. The molecule has 8 heteroatoms. The molecule has 160 valence electrons. The first-order valence-electron chi connectivity index (χ1n) is 9.61. The lowest BCUT2D eigenvalue weighted by Gasteiger charge is -2.40. The van der Waals surface area contributed by atoms with E-state index in [0.717, 1.165) is 10.4 Å². The highest BCUT2D eigenvalue weighted by Gasteiger charge is 2.44. The number of thiophene rings is 1. The summed E-state index contributed by atoms with van der Waals surface area (Å²) < 4.78 is 29.2. The molecule has 4 rings (SSSR count). The second-order valence-electron chi connectivity index (χ2n) is 7.34. The van der Waals surface area contributed by atoms with Crippen molar-refractivity contribution >= 4 is 38.9 Å². The van der Waals surface area contributed by atoms with Gasteiger partial charge in [-0.05, 0) is 54.6 Å². The molecular formula is C23H20ClNO4S2. The second-order valence-corrected chi connectivity index (χ2v) is 10.6. The van der Waals surface area contributed by atoms with Crippen molar-refractivity contribution in [3.05, 3.63) is 98.7 Å². The normalized spacial score (nSPS) is 19.7. The predicted octanol–water partition coefficient (Wildman–Crippen LogP) is 5.60. The molecule has 0 aliphatic carbocycles. The monoisotopic (exact) mass is 473 g/mol. The molecule has 1 aliphatic heterocycles. The average Bonchev–Trinajstić information content (AvgIpc) is 3.27. The largest absolute Gasteiger partial charge is 0.478 e. The molecule has 0 amide bonds. The molecule has 0 bridgehead atoms. The van der Waals surface area contributed by atoms with Crippen molar-refractivity contribution in [2.45, 2.75) is 30.3 Å². The first kappa shape index (κ1) is 21.8. The summed E-state index contributed by atoms with van der Waals surface area (Å²) in [6.07, 6.45) is 1.89. The van der Waals surface area contributed by atoms with E-state index in [9.17, 15) is 18.3 Å². The molecule has 2 heterocycles. The number of rotatable bonds is 5. The number of benzene rings is 2. The first-order valence-corrected chi connectivity index (χ1v) is 12.3. The van der Waals surface area contributed by atoms with Gasteiger partial charge in [0.05, 0.1) is 22.6 Å². The van der Waals surface area contributed by atoms with Crippen LogP contribution in [0.3, 0.4) is 0 Å². The van der Waals surface area contributed by atoms with Gasteiger partial charge in [0.1, 0.15) is 0 Å². The van der Waals surface area contributed by atoms with Gasteiger partial charge in [-0.25, -0.2) is 13.2 Å². The van der Waals surface area contributed by atoms with Gasteiger partial charge in [0.15, 0.2) is 0 Å². The molecular weight excluding hydrogens is 454 g/mol. The van der Waals surface area contributed by atoms with E-state index < -0.39 is 28.1 Å². The van der Waals surface area contributed by atoms with Crippen molar-refractivity contribution in [1.82, 2.24) is 4.31 Å². The molecule has 0 saturated carbocycles. The van der Waals surface area contributed by atoms with E-state index in [2.05, 4.69) is 0 Å². The van der Waals surface area contributed by atoms with E-state index in [-0.39, 0.29) is 16.9 Å². The molecule has 1 N–H and O–H groups in total. The number of nitrogens with zero attached hydrogens (tertiary/aromatic N) is 1. The number of halogens is 1. The third-order valence-corrected chi connectivity index (χ3v) is 8.39. The fourth-order valence-electron chi connectivity index (χ4n) is 3.84. The van der Waals surface area contributed by atoms with Crippen LogP contribution in [0.25, 0.3) is 0 Å². The molecule has 2 aromatic carbocycles. The van der Waals surface area contributed by atoms with E-state index in [1.165, 1.54) is 15.6 Å². The maximum Gasteiger partial charge on any atom is 0.333 e. The standard InChI is InChI=1S/C23H20ClNO4S2/c1-15-7-9-18(10-8-15)31(28,29)25-20(21-6-3-13-30-21)12-11-19(23(26)27)22(25)16-4-2-5-17(24)14-16/h2-11,13-14,20,22H,12H2,1H3,(H,26,27)/t20-,22-/m0/s1. The Bertz CT molecular complexity index is 1230. The van der Waals surface area contributed by atoms with Crippen LogP contribution in [-0.2, 0) is 14.8 Å². The molecule has 31 heavy (non-hydrogen) atoms. The summed E-state index contributed by atoms with van der Waals surface area (Å²) in [6, 6.07) is 15.5. The smallest absolute Gasteiger partial charge is 0.333 e. The summed E-state index contributed by atoms with van der Waals surface area (Å²) in [5.41, 5.74) is 1.47. The maximum atomic E-state index is 13.9. The number of hydrogen-bond acceptors (Lipinski definition) is 4. The van der Waals surface area contributed by atoms with Crippen molar-refractivity contribution in [1.29, 1.82) is 0 Å². The minimum atomic E-state index is -4.04. The number of carboxylic acids is 1. The summed E-state index contributed by atoms with van der Waals surface area (Å²) in [6.45, 7) is 1.88. The number of carboxylic acid groups (broad SMARTS) is 1. The SMILES string of the molecule is Cc1ccc(S(=O)(=O)N2[C@@H](c3cccc(Cl)c3)C(C(=O)O)=CC[C@H]2c2cccs2)cc1. The van der Waals surface area contributed by atoms with Gasteiger partial charge in [0, 0.05) is 9.90 Å². The van der Waals surface area contributed by atoms with Crippen LogP contribution in [0, 0.1) is 6.92 Å². The lowest BCUT2D eigenvalue weighted by Crippen LogP contribution is -2.42. The third-order valence-electron chi connectivity index (χ3n) is 5.30. The van der Waals surface area contributed by atoms with Gasteiger partial charge in [0.25, 0.3) is 0 Å². The van der Waals surface area contributed by atoms with Crippen molar-refractivity contribution in [2.24, 2.45) is 0 Å². The Hall–Kier alpha value is -2.45. The number of carbonyl (C=O) groups is 1. The summed E-state index contributed by atoms with van der Waals surface area (Å²) in [5.74, 6) is -1.15. The highest BCUT2D eigenvalue weighted by atomic mass is 35.5. The Morgan fingerprint density at radius 3 is 2.48 bits per heavy atom. The summed E-state index contributed by atoms with van der Waals surface area (Å²) in [5, 5.41) is 12.2. The highest BCUT2D eigenvalue weighted by Crippen LogP contribution is 2.46. The van der Waals surface area contributed by atoms with E-state index in [1.54, 1.807) is 54.6 Å². The highest BCUT2D eigenvalue weighted by molar-refractivity contribution is 7.89. The Kier molecular flexibility index (Phi) is 6.03. The molecule has 0 radical (unpaired) electrons. The van der Waals surface area contributed by atoms with Gasteiger partial charge in [-0.3, -0.25) is 0 Å². The fraction of sp³-hybridized carbons (Fsp3) is 0.174. The summed E-state index contributed by atoms with van der Waals surface area (Å²) >= 11 is 7.64. The van der Waals surface area contributed by atoms with Crippen molar-refractivity contribution < 1.29 is 18.3 Å². The Morgan fingerprint density at radius 1 is 1.13 bits per heavy atom. The van der Waals surface area contributed by atoms with Gasteiger partial charge in [-0.2, -0.15) is 4.31 Å². The van der Waals surface area contributed by atoms with Crippen LogP contribution < -0.4 is 0 Å². The second kappa shape index (κ2) is 8.59. The van der Waals surface area contributed by atoms with Gasteiger partial charge >= 0.3 is 5.97 Å². The van der Waals surface area contributed by atoms with Crippen LogP contribution >= 0.6 is 22.9 Å². The van der Waals surface area contributed by atoms with Crippen LogP contribution in [0.4, 0.5) is 0 Å². The van der Waals surface area contributed by atoms with Crippen LogP contribution in [0.2, 0.25) is 5.02 Å². The van der Waals surface area contributed by atoms with Crippen LogP contribution in [-0.4, -0.2) is 23.8 Å². The van der Waals surface area contributed by atoms with E-state index >= 15 is 0 Å². The molecule has 3 aromatic rings. The molecule has 0 saturated heterocycles. The van der Waals surface area contributed by atoms with Crippen LogP contribution in [0.1, 0.15) is 34.5 Å². The fourth-order valence-corrected chi connectivity index (χ4v) is 6.71. The number of hydrogen-bond donors (Lipinski definition) is 1. The molecule has 5 nitrogen and oxygen atoms in total. The lowest BCUT2D eigenvalue weighted by molar-refractivity contribution is -0.133. The summed E-state index contributed by atoms with van der Waals surface area (Å²) in [4.78, 5) is 13.1. The van der Waals surface area contributed by atoms with Gasteiger partial charge in [-0.1, -0.05) is 53.6 Å². The maximum absolute atomic E-state index is 13.9. The van der Waals surface area contributed by atoms with Gasteiger partial charge in [-0.15, -0.1) is 11.3 Å². The zero-order valence-electron chi connectivity index (χ0n) is 16.6. The average molecular weight is 474 g/mol. The Balaban J connectivity index is 1.96. The van der Waals surface area contributed by atoms with Crippen LogP contribution in [0.15, 0.2) is 82.6 Å². The molecule has 0 unspecified atom stereocenters. The summed E-state index contributed by atoms with van der Waals surface area (Å²) in [7, 11) is -4.04. The lowest BCUT2D eigenvalue weighted by atomic mass is 9.91. The van der Waals surface area contributed by atoms with E-state index in [0.29, 0.717) is 10.6 Å². The van der Waals surface area contributed by atoms with E-state index in [1.807, 2.05) is 24.4 Å². The van der Waals surface area contributed by atoms with Crippen molar-refractivity contribution in [3.8, 4) is 0 Å². The topological polar surface area (TPSA) is 74.7 Å². The van der Waals surface area contributed by atoms with Crippen molar-refractivity contribution in [3.63, 3.8) is 0 Å². The van der Waals surface area contributed by atoms with Gasteiger partial charge < -0.3 is 5.11 Å². The van der Waals surface area contributed by atoms with Crippen LogP contribution in [0.5, 0.6) is 0 Å². The molecule has 2 atom stereocenters. The van der Waals surface area contributed by atoms with Crippen molar-refractivity contribution in [2.75, 3.05) is 0 Å². The van der Waals surface area contributed by atoms with Gasteiger partial charge in [0.2, 0.25) is 10.0 Å².